The average molecular weight is 302 g/mol. The first kappa shape index (κ1) is 13.5. The van der Waals surface area contributed by atoms with Gasteiger partial charge in [-0.05, 0) is 25.1 Å². The Balaban J connectivity index is 1.77. The smallest absolute Gasteiger partial charge is 0.254 e. The second kappa shape index (κ2) is 5.49. The van der Waals surface area contributed by atoms with Crippen LogP contribution in [0.2, 0.25) is 5.02 Å². The first-order valence-corrected chi connectivity index (χ1v) is 6.72. The van der Waals surface area contributed by atoms with Gasteiger partial charge in [0.2, 0.25) is 0 Å². The zero-order valence-corrected chi connectivity index (χ0v) is 12.0. The lowest BCUT2D eigenvalue weighted by atomic mass is 10.2. The lowest BCUT2D eigenvalue weighted by molar-refractivity contribution is 0.0949. The Kier molecular flexibility index (Phi) is 3.53. The number of hydrogen-bond acceptors (Lipinski definition) is 4. The zero-order chi connectivity index (χ0) is 14.8. The van der Waals surface area contributed by atoms with E-state index in [-0.39, 0.29) is 12.5 Å². The summed E-state index contributed by atoms with van der Waals surface area (Å²) in [6.45, 7) is 2.07. The molecule has 6 nitrogen and oxygen atoms in total. The molecule has 0 aromatic carbocycles. The summed E-state index contributed by atoms with van der Waals surface area (Å²) in [6, 6.07) is 7.26. The fraction of sp³-hybridized carbons (Fsp3) is 0.143. The van der Waals surface area contributed by atoms with Crippen LogP contribution in [0.1, 0.15) is 21.9 Å². The maximum Gasteiger partial charge on any atom is 0.254 e. The van der Waals surface area contributed by atoms with E-state index in [2.05, 4.69) is 20.5 Å². The maximum absolute atomic E-state index is 12.1. The van der Waals surface area contributed by atoms with Crippen molar-refractivity contribution in [2.75, 3.05) is 0 Å². The van der Waals surface area contributed by atoms with Gasteiger partial charge in [-0.3, -0.25) is 14.2 Å². The summed E-state index contributed by atoms with van der Waals surface area (Å²) in [4.78, 5) is 16.2. The summed E-state index contributed by atoms with van der Waals surface area (Å²) in [6.07, 6.45) is 3.31. The summed E-state index contributed by atoms with van der Waals surface area (Å²) < 4.78 is 1.81. The van der Waals surface area contributed by atoms with E-state index in [1.54, 1.807) is 6.07 Å². The molecule has 0 spiro atoms. The number of aryl methyl sites for hydroxylation is 1. The summed E-state index contributed by atoms with van der Waals surface area (Å²) >= 11 is 6.05. The van der Waals surface area contributed by atoms with Crippen molar-refractivity contribution < 1.29 is 4.79 Å². The second-order valence-electron chi connectivity index (χ2n) is 4.53. The van der Waals surface area contributed by atoms with Crippen LogP contribution in [0.5, 0.6) is 0 Å². The van der Waals surface area contributed by atoms with Gasteiger partial charge in [-0.25, -0.2) is 0 Å². The highest BCUT2D eigenvalue weighted by Crippen LogP contribution is 2.15. The van der Waals surface area contributed by atoms with Gasteiger partial charge in [0.15, 0.2) is 11.5 Å². The standard InChI is InChI=1S/C14H12ClN5O/c1-9-6-11(15)10(7-16-9)14(21)17-8-13-19-18-12-4-2-3-5-20(12)13/h2-7H,8H2,1H3,(H,17,21). The third-order valence-electron chi connectivity index (χ3n) is 3.03. The molecule has 0 bridgehead atoms. The normalized spacial score (nSPS) is 10.8. The number of hydrogen-bond donors (Lipinski definition) is 1. The van der Waals surface area contributed by atoms with E-state index in [0.717, 1.165) is 11.3 Å². The number of nitrogens with one attached hydrogen (secondary N) is 1. The van der Waals surface area contributed by atoms with Crippen LogP contribution in [0.25, 0.3) is 5.65 Å². The molecule has 106 valence electrons. The van der Waals surface area contributed by atoms with E-state index in [1.165, 1.54) is 6.20 Å². The quantitative estimate of drug-likeness (QED) is 0.803. The summed E-state index contributed by atoms with van der Waals surface area (Å²) in [5, 5.41) is 11.2. The van der Waals surface area contributed by atoms with Crippen LogP contribution >= 0.6 is 11.6 Å². The Morgan fingerprint density at radius 1 is 1.38 bits per heavy atom. The molecule has 0 radical (unpaired) electrons. The van der Waals surface area contributed by atoms with Crippen LogP contribution in [-0.2, 0) is 6.54 Å². The van der Waals surface area contributed by atoms with Crippen LogP contribution in [-0.4, -0.2) is 25.5 Å². The topological polar surface area (TPSA) is 72.2 Å². The van der Waals surface area contributed by atoms with Gasteiger partial charge in [0, 0.05) is 18.1 Å². The molecule has 3 rings (SSSR count). The molecule has 3 aromatic rings. The molecule has 1 amide bonds. The highest BCUT2D eigenvalue weighted by Gasteiger charge is 2.12. The van der Waals surface area contributed by atoms with E-state index < -0.39 is 0 Å². The third-order valence-corrected chi connectivity index (χ3v) is 3.34. The molecular formula is C14H12ClN5O. The van der Waals surface area contributed by atoms with Gasteiger partial charge in [-0.1, -0.05) is 17.7 Å². The molecule has 3 heterocycles. The molecule has 0 saturated carbocycles. The molecule has 0 aliphatic carbocycles. The summed E-state index contributed by atoms with van der Waals surface area (Å²) in [5.41, 5.74) is 1.84. The Morgan fingerprint density at radius 3 is 3.05 bits per heavy atom. The van der Waals surface area contributed by atoms with E-state index in [4.69, 9.17) is 11.6 Å². The second-order valence-corrected chi connectivity index (χ2v) is 4.94. The first-order chi connectivity index (χ1) is 10.1. The molecule has 1 N–H and O–H groups in total. The average Bonchev–Trinajstić information content (AvgIpc) is 2.88. The number of halogens is 1. The van der Waals surface area contributed by atoms with Crippen molar-refractivity contribution in [2.24, 2.45) is 0 Å². The number of fused-ring (bicyclic) bond motifs is 1. The van der Waals surface area contributed by atoms with Gasteiger partial charge in [-0.2, -0.15) is 0 Å². The van der Waals surface area contributed by atoms with Gasteiger partial charge in [-0.15, -0.1) is 10.2 Å². The lowest BCUT2D eigenvalue weighted by Gasteiger charge is -2.06. The molecule has 0 atom stereocenters. The van der Waals surface area contributed by atoms with Gasteiger partial charge in [0.25, 0.3) is 5.91 Å². The minimum Gasteiger partial charge on any atom is -0.345 e. The number of rotatable bonds is 3. The zero-order valence-electron chi connectivity index (χ0n) is 11.2. The number of carbonyl (C=O) groups is 1. The Morgan fingerprint density at radius 2 is 2.24 bits per heavy atom. The Hall–Kier alpha value is -2.47. The molecule has 21 heavy (non-hydrogen) atoms. The van der Waals surface area contributed by atoms with Crippen molar-refractivity contribution in [1.82, 2.24) is 24.9 Å². The molecule has 0 aliphatic rings. The van der Waals surface area contributed by atoms with Crippen molar-refractivity contribution in [3.8, 4) is 0 Å². The molecule has 7 heteroatoms. The van der Waals surface area contributed by atoms with Crippen LogP contribution in [0.3, 0.4) is 0 Å². The SMILES string of the molecule is Cc1cc(Cl)c(C(=O)NCc2nnc3ccccn23)cn1. The Bertz CT molecular complexity index is 814. The molecule has 3 aromatic heterocycles. The number of aromatic nitrogens is 4. The van der Waals surface area contributed by atoms with Gasteiger partial charge >= 0.3 is 0 Å². The minimum absolute atomic E-state index is 0.258. The van der Waals surface area contributed by atoms with E-state index in [9.17, 15) is 4.79 Å². The monoisotopic (exact) mass is 301 g/mol. The fourth-order valence-electron chi connectivity index (χ4n) is 1.96. The lowest BCUT2D eigenvalue weighted by Crippen LogP contribution is -2.24. The highest BCUT2D eigenvalue weighted by atomic mass is 35.5. The van der Waals surface area contributed by atoms with Gasteiger partial charge in [0.1, 0.15) is 0 Å². The number of nitrogens with zero attached hydrogens (tertiary/aromatic N) is 4. The summed E-state index contributed by atoms with van der Waals surface area (Å²) in [7, 11) is 0. The highest BCUT2D eigenvalue weighted by molar-refractivity contribution is 6.33. The number of pyridine rings is 2. The first-order valence-electron chi connectivity index (χ1n) is 6.34. The van der Waals surface area contributed by atoms with E-state index in [0.29, 0.717) is 16.4 Å². The number of amides is 1. The third kappa shape index (κ3) is 2.71. The molecular weight excluding hydrogens is 290 g/mol. The molecule has 0 saturated heterocycles. The van der Waals surface area contributed by atoms with Crippen molar-refractivity contribution in [1.29, 1.82) is 0 Å². The predicted molar refractivity (Wildman–Crippen MR) is 78.1 cm³/mol. The molecule has 0 fully saturated rings. The minimum atomic E-state index is -0.291. The van der Waals surface area contributed by atoms with E-state index >= 15 is 0 Å². The van der Waals surface area contributed by atoms with Crippen LogP contribution in [0.15, 0.2) is 36.7 Å². The van der Waals surface area contributed by atoms with Crippen molar-refractivity contribution in [3.05, 3.63) is 58.8 Å². The fourth-order valence-corrected chi connectivity index (χ4v) is 2.25. The van der Waals surface area contributed by atoms with Crippen LogP contribution in [0, 0.1) is 6.92 Å². The number of carbonyl (C=O) groups excluding carboxylic acids is 1. The van der Waals surface area contributed by atoms with Gasteiger partial charge < -0.3 is 5.32 Å². The van der Waals surface area contributed by atoms with Crippen molar-refractivity contribution >= 4 is 23.2 Å². The van der Waals surface area contributed by atoms with Crippen molar-refractivity contribution in [2.45, 2.75) is 13.5 Å². The van der Waals surface area contributed by atoms with Crippen molar-refractivity contribution in [3.63, 3.8) is 0 Å². The summed E-state index contributed by atoms with van der Waals surface area (Å²) in [5.74, 6) is 0.357. The van der Waals surface area contributed by atoms with Crippen LogP contribution < -0.4 is 5.32 Å². The largest absolute Gasteiger partial charge is 0.345 e. The van der Waals surface area contributed by atoms with E-state index in [1.807, 2.05) is 35.7 Å². The van der Waals surface area contributed by atoms with Crippen LogP contribution in [0.4, 0.5) is 0 Å². The molecule has 0 unspecified atom stereocenters. The van der Waals surface area contributed by atoms with Gasteiger partial charge in [0.05, 0.1) is 17.1 Å². The predicted octanol–water partition coefficient (Wildman–Crippen LogP) is 2.02. The molecule has 0 aliphatic heterocycles. The maximum atomic E-state index is 12.1. The Labute approximate surface area is 125 Å².